The Bertz CT molecular complexity index is 824. The number of fused-ring (bicyclic) bond motifs is 1. The Hall–Kier alpha value is -2.18. The van der Waals surface area contributed by atoms with Gasteiger partial charge in [-0.15, -0.1) is 11.3 Å². The first-order chi connectivity index (χ1) is 12.7. The number of nitrogens with one attached hydrogen (secondary N) is 3. The van der Waals surface area contributed by atoms with E-state index in [9.17, 15) is 9.59 Å². The Labute approximate surface area is 157 Å². The SMILES string of the molecule is O=C(Nc1sccc1C(=O)NC1CCCNC1)c1ccc2c(c1)CCC2. The highest BCUT2D eigenvalue weighted by Gasteiger charge is 2.21. The smallest absolute Gasteiger partial charge is 0.256 e. The zero-order valence-electron chi connectivity index (χ0n) is 14.6. The van der Waals surface area contributed by atoms with Gasteiger partial charge in [0.2, 0.25) is 0 Å². The first-order valence-corrected chi connectivity index (χ1v) is 10.1. The molecule has 1 aliphatic carbocycles. The van der Waals surface area contributed by atoms with Crippen LogP contribution in [0.2, 0.25) is 0 Å². The fourth-order valence-electron chi connectivity index (χ4n) is 3.71. The van der Waals surface area contributed by atoms with Crippen molar-refractivity contribution in [3.05, 3.63) is 51.9 Å². The minimum atomic E-state index is -0.157. The zero-order chi connectivity index (χ0) is 17.9. The molecule has 3 N–H and O–H groups in total. The van der Waals surface area contributed by atoms with Gasteiger partial charge in [0.1, 0.15) is 5.00 Å². The van der Waals surface area contributed by atoms with Gasteiger partial charge in [0.15, 0.2) is 0 Å². The maximum atomic E-state index is 12.6. The molecule has 1 fully saturated rings. The van der Waals surface area contributed by atoms with Crippen LogP contribution in [0.25, 0.3) is 0 Å². The van der Waals surface area contributed by atoms with E-state index >= 15 is 0 Å². The molecular formula is C20H23N3O2S. The lowest BCUT2D eigenvalue weighted by Crippen LogP contribution is -2.45. The van der Waals surface area contributed by atoms with Gasteiger partial charge in [-0.2, -0.15) is 0 Å². The van der Waals surface area contributed by atoms with Gasteiger partial charge in [-0.25, -0.2) is 0 Å². The topological polar surface area (TPSA) is 70.2 Å². The molecule has 6 heteroatoms. The molecule has 2 amide bonds. The third-order valence-corrected chi connectivity index (χ3v) is 5.96. The summed E-state index contributed by atoms with van der Waals surface area (Å²) < 4.78 is 0. The third-order valence-electron chi connectivity index (χ3n) is 5.13. The van der Waals surface area contributed by atoms with Crippen LogP contribution in [0.15, 0.2) is 29.6 Å². The van der Waals surface area contributed by atoms with Crippen LogP contribution in [-0.2, 0) is 12.8 Å². The summed E-state index contributed by atoms with van der Waals surface area (Å²) in [5.74, 6) is -0.278. The molecule has 0 radical (unpaired) electrons. The van der Waals surface area contributed by atoms with Crippen molar-refractivity contribution in [1.29, 1.82) is 0 Å². The van der Waals surface area contributed by atoms with Gasteiger partial charge in [0, 0.05) is 18.2 Å². The Morgan fingerprint density at radius 1 is 1.08 bits per heavy atom. The predicted octanol–water partition coefficient (Wildman–Crippen LogP) is 2.97. The Balaban J connectivity index is 1.44. The highest BCUT2D eigenvalue weighted by atomic mass is 32.1. The average Bonchev–Trinajstić information content (AvgIpc) is 3.30. The molecule has 2 heterocycles. The number of anilines is 1. The van der Waals surface area contributed by atoms with Crippen LogP contribution >= 0.6 is 11.3 Å². The molecule has 26 heavy (non-hydrogen) atoms. The number of piperidine rings is 1. The summed E-state index contributed by atoms with van der Waals surface area (Å²) in [5.41, 5.74) is 3.81. The fourth-order valence-corrected chi connectivity index (χ4v) is 4.49. The summed E-state index contributed by atoms with van der Waals surface area (Å²) in [5, 5.41) is 11.7. The number of amides is 2. The molecule has 1 saturated heterocycles. The van der Waals surface area contributed by atoms with Gasteiger partial charge in [-0.05, 0) is 73.4 Å². The number of aryl methyl sites for hydroxylation is 2. The van der Waals surface area contributed by atoms with Crippen molar-refractivity contribution in [3.63, 3.8) is 0 Å². The molecule has 5 nitrogen and oxygen atoms in total. The first kappa shape index (κ1) is 17.2. The zero-order valence-corrected chi connectivity index (χ0v) is 15.5. The molecule has 136 valence electrons. The fraction of sp³-hybridized carbons (Fsp3) is 0.400. The van der Waals surface area contributed by atoms with Gasteiger partial charge in [-0.1, -0.05) is 6.07 Å². The van der Waals surface area contributed by atoms with Gasteiger partial charge >= 0.3 is 0 Å². The number of carbonyl (C=O) groups is 2. The second-order valence-corrected chi connectivity index (χ2v) is 7.89. The van der Waals surface area contributed by atoms with E-state index in [0.717, 1.165) is 45.2 Å². The molecule has 2 aromatic rings. The number of hydrogen-bond acceptors (Lipinski definition) is 4. The van der Waals surface area contributed by atoms with E-state index in [-0.39, 0.29) is 17.9 Å². The van der Waals surface area contributed by atoms with Crippen molar-refractivity contribution in [2.24, 2.45) is 0 Å². The van der Waals surface area contributed by atoms with Crippen molar-refractivity contribution in [3.8, 4) is 0 Å². The van der Waals surface area contributed by atoms with Crippen LogP contribution < -0.4 is 16.0 Å². The number of benzene rings is 1. The summed E-state index contributed by atoms with van der Waals surface area (Å²) in [4.78, 5) is 25.2. The highest BCUT2D eigenvalue weighted by molar-refractivity contribution is 7.14. The van der Waals surface area contributed by atoms with Crippen molar-refractivity contribution in [2.75, 3.05) is 18.4 Å². The van der Waals surface area contributed by atoms with Crippen LogP contribution in [0.3, 0.4) is 0 Å². The van der Waals surface area contributed by atoms with Crippen molar-refractivity contribution in [1.82, 2.24) is 10.6 Å². The van der Waals surface area contributed by atoms with E-state index < -0.39 is 0 Å². The number of hydrogen-bond donors (Lipinski definition) is 3. The van der Waals surface area contributed by atoms with Crippen molar-refractivity contribution in [2.45, 2.75) is 38.1 Å². The summed E-state index contributed by atoms with van der Waals surface area (Å²) in [6, 6.07) is 7.83. The third kappa shape index (κ3) is 3.66. The van der Waals surface area contributed by atoms with E-state index in [1.165, 1.54) is 22.5 Å². The Morgan fingerprint density at radius 3 is 2.81 bits per heavy atom. The molecule has 0 spiro atoms. The summed E-state index contributed by atoms with van der Waals surface area (Å²) >= 11 is 1.38. The molecule has 1 aliphatic heterocycles. The molecule has 1 atom stereocenters. The second kappa shape index (κ2) is 7.60. The van der Waals surface area contributed by atoms with E-state index in [0.29, 0.717) is 16.1 Å². The van der Waals surface area contributed by atoms with Crippen LogP contribution in [0.4, 0.5) is 5.00 Å². The van der Waals surface area contributed by atoms with Crippen molar-refractivity contribution >= 4 is 28.2 Å². The maximum absolute atomic E-state index is 12.6. The lowest BCUT2D eigenvalue weighted by molar-refractivity contribution is 0.0932. The molecule has 0 saturated carbocycles. The number of thiophene rings is 1. The van der Waals surface area contributed by atoms with Crippen LogP contribution in [0.1, 0.15) is 51.1 Å². The van der Waals surface area contributed by atoms with Crippen LogP contribution in [0.5, 0.6) is 0 Å². The predicted molar refractivity (Wildman–Crippen MR) is 104 cm³/mol. The lowest BCUT2D eigenvalue weighted by atomic mass is 10.1. The molecular weight excluding hydrogens is 346 g/mol. The molecule has 2 aliphatic rings. The summed E-state index contributed by atoms with van der Waals surface area (Å²) in [6.45, 7) is 1.81. The van der Waals surface area contributed by atoms with E-state index in [2.05, 4.69) is 22.0 Å². The normalized spacial score (nSPS) is 19.0. The lowest BCUT2D eigenvalue weighted by Gasteiger charge is -2.23. The molecule has 0 bridgehead atoms. The highest BCUT2D eigenvalue weighted by Crippen LogP contribution is 2.26. The van der Waals surface area contributed by atoms with Crippen LogP contribution in [-0.4, -0.2) is 30.9 Å². The minimum Gasteiger partial charge on any atom is -0.348 e. The second-order valence-electron chi connectivity index (χ2n) is 6.97. The monoisotopic (exact) mass is 369 g/mol. The maximum Gasteiger partial charge on any atom is 0.256 e. The largest absolute Gasteiger partial charge is 0.348 e. The molecule has 1 unspecified atom stereocenters. The minimum absolute atomic E-state index is 0.121. The number of rotatable bonds is 4. The first-order valence-electron chi connectivity index (χ1n) is 9.23. The standard InChI is InChI=1S/C20H23N3O2S/c24-18(15-7-6-13-3-1-4-14(13)11-15)23-20-17(8-10-26-20)19(25)22-16-5-2-9-21-12-16/h6-8,10-11,16,21H,1-5,9,12H2,(H,22,25)(H,23,24). The molecule has 1 aromatic heterocycles. The molecule has 1 aromatic carbocycles. The quantitative estimate of drug-likeness (QED) is 0.776. The van der Waals surface area contributed by atoms with Gasteiger partial charge in [0.05, 0.1) is 5.56 Å². The van der Waals surface area contributed by atoms with Crippen molar-refractivity contribution < 1.29 is 9.59 Å². The Morgan fingerprint density at radius 2 is 1.96 bits per heavy atom. The summed E-state index contributed by atoms with van der Waals surface area (Å²) in [7, 11) is 0. The average molecular weight is 369 g/mol. The van der Waals surface area contributed by atoms with Crippen LogP contribution in [0, 0.1) is 0 Å². The summed E-state index contributed by atoms with van der Waals surface area (Å²) in [6.07, 6.45) is 5.35. The van der Waals surface area contributed by atoms with Gasteiger partial charge in [-0.3, -0.25) is 9.59 Å². The number of carbonyl (C=O) groups excluding carboxylic acids is 2. The Kier molecular flexibility index (Phi) is 5.04. The van der Waals surface area contributed by atoms with E-state index in [1.807, 2.05) is 17.5 Å². The van der Waals surface area contributed by atoms with E-state index in [1.54, 1.807) is 6.07 Å². The molecule has 4 rings (SSSR count). The van der Waals surface area contributed by atoms with Gasteiger partial charge in [0.25, 0.3) is 11.8 Å². The van der Waals surface area contributed by atoms with E-state index in [4.69, 9.17) is 0 Å². The van der Waals surface area contributed by atoms with Gasteiger partial charge < -0.3 is 16.0 Å².